The highest BCUT2D eigenvalue weighted by atomic mass is 32.2. The summed E-state index contributed by atoms with van der Waals surface area (Å²) in [6.07, 6.45) is 0. The average molecular weight is 207 g/mol. The topological polar surface area (TPSA) is 36.4 Å². The summed E-state index contributed by atoms with van der Waals surface area (Å²) in [5.74, 6) is 1.09. The van der Waals surface area contributed by atoms with E-state index in [0.29, 0.717) is 0 Å². The highest BCUT2D eigenvalue weighted by molar-refractivity contribution is 8.14. The maximum atomic E-state index is 4.27. The van der Waals surface area contributed by atoms with Gasteiger partial charge in [-0.2, -0.15) is 0 Å². The van der Waals surface area contributed by atoms with Crippen molar-refractivity contribution >= 4 is 16.9 Å². The van der Waals surface area contributed by atoms with Gasteiger partial charge in [0.1, 0.15) is 0 Å². The molecule has 2 rings (SSSR count). The standard InChI is InChI=1S/C10H13N3S/c1-2-4-9(5-3-1)8-12-13-10-11-6-7-14-10/h1-5,12H,6-8H2,(H,11,13). The van der Waals surface area contributed by atoms with Crippen molar-refractivity contribution in [3.05, 3.63) is 35.9 Å². The van der Waals surface area contributed by atoms with Gasteiger partial charge in [-0.3, -0.25) is 4.99 Å². The summed E-state index contributed by atoms with van der Waals surface area (Å²) in [6.45, 7) is 1.75. The van der Waals surface area contributed by atoms with Gasteiger partial charge in [-0.05, 0) is 5.56 Å². The average Bonchev–Trinajstić information content (AvgIpc) is 2.72. The van der Waals surface area contributed by atoms with Crippen LogP contribution in [0.3, 0.4) is 0 Å². The van der Waals surface area contributed by atoms with Crippen molar-refractivity contribution in [2.45, 2.75) is 6.54 Å². The van der Waals surface area contributed by atoms with Crippen LogP contribution >= 0.6 is 11.8 Å². The van der Waals surface area contributed by atoms with Crippen LogP contribution in [-0.2, 0) is 6.54 Å². The molecule has 0 fully saturated rings. The first-order valence-electron chi connectivity index (χ1n) is 4.65. The van der Waals surface area contributed by atoms with Gasteiger partial charge in [0.2, 0.25) is 0 Å². The highest BCUT2D eigenvalue weighted by Crippen LogP contribution is 2.07. The van der Waals surface area contributed by atoms with E-state index < -0.39 is 0 Å². The summed E-state index contributed by atoms with van der Waals surface area (Å²) >= 11 is 1.75. The molecule has 0 radical (unpaired) electrons. The Hall–Kier alpha value is -1.00. The fourth-order valence-corrected chi connectivity index (χ4v) is 1.93. The Kier molecular flexibility index (Phi) is 3.43. The third kappa shape index (κ3) is 2.75. The molecule has 0 aliphatic carbocycles. The molecule has 3 nitrogen and oxygen atoms in total. The van der Waals surface area contributed by atoms with E-state index in [1.165, 1.54) is 5.56 Å². The van der Waals surface area contributed by atoms with E-state index in [1.807, 2.05) is 18.2 Å². The molecule has 14 heavy (non-hydrogen) atoms. The summed E-state index contributed by atoms with van der Waals surface area (Å²) in [7, 11) is 0. The van der Waals surface area contributed by atoms with Crippen LogP contribution in [0.25, 0.3) is 0 Å². The zero-order chi connectivity index (χ0) is 9.64. The molecule has 0 unspecified atom stereocenters. The lowest BCUT2D eigenvalue weighted by atomic mass is 10.2. The van der Waals surface area contributed by atoms with Gasteiger partial charge in [-0.25, -0.2) is 5.43 Å². The normalized spacial score (nSPS) is 15.3. The second-order valence-corrected chi connectivity index (χ2v) is 4.08. The van der Waals surface area contributed by atoms with Gasteiger partial charge in [-0.15, -0.1) is 0 Å². The van der Waals surface area contributed by atoms with E-state index in [-0.39, 0.29) is 0 Å². The number of nitrogens with one attached hydrogen (secondary N) is 2. The van der Waals surface area contributed by atoms with Crippen LogP contribution in [0, 0.1) is 0 Å². The SMILES string of the molecule is c1ccc(CNNC2=NCCS2)cc1. The van der Waals surface area contributed by atoms with Crippen molar-refractivity contribution in [1.29, 1.82) is 0 Å². The van der Waals surface area contributed by atoms with Crippen molar-refractivity contribution in [2.24, 2.45) is 4.99 Å². The Labute approximate surface area is 88.0 Å². The molecule has 2 N–H and O–H groups in total. The van der Waals surface area contributed by atoms with Crippen LogP contribution in [0.15, 0.2) is 35.3 Å². The number of hydrogen-bond acceptors (Lipinski definition) is 4. The lowest BCUT2D eigenvalue weighted by Crippen LogP contribution is -2.34. The number of hydrogen-bond donors (Lipinski definition) is 2. The number of benzene rings is 1. The molecular weight excluding hydrogens is 194 g/mol. The first kappa shape index (κ1) is 9.55. The highest BCUT2D eigenvalue weighted by Gasteiger charge is 2.04. The molecule has 0 saturated carbocycles. The molecule has 4 heteroatoms. The molecular formula is C10H13N3S. The molecule has 1 aromatic rings. The van der Waals surface area contributed by atoms with Crippen molar-refractivity contribution in [2.75, 3.05) is 12.3 Å². The molecule has 0 aromatic heterocycles. The monoisotopic (exact) mass is 207 g/mol. The molecule has 0 spiro atoms. The maximum absolute atomic E-state index is 4.27. The van der Waals surface area contributed by atoms with Crippen molar-refractivity contribution < 1.29 is 0 Å². The number of amidine groups is 1. The first-order chi connectivity index (χ1) is 6.95. The van der Waals surface area contributed by atoms with Crippen LogP contribution in [0.4, 0.5) is 0 Å². The van der Waals surface area contributed by atoms with Gasteiger partial charge in [0.05, 0.1) is 6.54 Å². The first-order valence-corrected chi connectivity index (χ1v) is 5.64. The summed E-state index contributed by atoms with van der Waals surface area (Å²) < 4.78 is 0. The number of hydrazine groups is 1. The van der Waals surface area contributed by atoms with Crippen LogP contribution in [-0.4, -0.2) is 17.5 Å². The second kappa shape index (κ2) is 5.02. The minimum Gasteiger partial charge on any atom is -0.300 e. The smallest absolute Gasteiger partial charge is 0.171 e. The van der Waals surface area contributed by atoms with Gasteiger partial charge in [0, 0.05) is 12.3 Å². The lowest BCUT2D eigenvalue weighted by molar-refractivity contribution is 0.658. The summed E-state index contributed by atoms with van der Waals surface area (Å²) in [5, 5.41) is 1.00. The Morgan fingerprint density at radius 2 is 2.14 bits per heavy atom. The van der Waals surface area contributed by atoms with Crippen molar-refractivity contribution in [1.82, 2.24) is 10.9 Å². The molecule has 1 aliphatic heterocycles. The molecule has 1 aliphatic rings. The molecule has 1 heterocycles. The maximum Gasteiger partial charge on any atom is 0.171 e. The van der Waals surface area contributed by atoms with E-state index >= 15 is 0 Å². The quantitative estimate of drug-likeness (QED) is 0.735. The van der Waals surface area contributed by atoms with Crippen molar-refractivity contribution in [3.8, 4) is 0 Å². The summed E-state index contributed by atoms with van der Waals surface area (Å²) in [4.78, 5) is 4.27. The van der Waals surface area contributed by atoms with Gasteiger partial charge in [0.15, 0.2) is 5.17 Å². The van der Waals surface area contributed by atoms with E-state index in [0.717, 1.165) is 24.0 Å². The minimum absolute atomic E-state index is 0.820. The lowest BCUT2D eigenvalue weighted by Gasteiger charge is -2.06. The Bertz CT molecular complexity index is 310. The summed E-state index contributed by atoms with van der Waals surface area (Å²) in [5.41, 5.74) is 7.50. The van der Waals surface area contributed by atoms with E-state index in [9.17, 15) is 0 Å². The molecule has 0 bridgehead atoms. The van der Waals surface area contributed by atoms with Gasteiger partial charge in [0.25, 0.3) is 0 Å². The van der Waals surface area contributed by atoms with Crippen LogP contribution in [0.2, 0.25) is 0 Å². The van der Waals surface area contributed by atoms with Gasteiger partial charge < -0.3 is 5.43 Å². The number of nitrogens with zero attached hydrogens (tertiary/aromatic N) is 1. The Morgan fingerprint density at radius 1 is 1.29 bits per heavy atom. The fraction of sp³-hybridized carbons (Fsp3) is 0.300. The number of aliphatic imine (C=N–C) groups is 1. The largest absolute Gasteiger partial charge is 0.300 e. The third-order valence-electron chi connectivity index (χ3n) is 1.92. The zero-order valence-corrected chi connectivity index (χ0v) is 8.68. The van der Waals surface area contributed by atoms with Crippen LogP contribution in [0.1, 0.15) is 5.56 Å². The number of rotatable bonds is 3. The Morgan fingerprint density at radius 3 is 2.86 bits per heavy atom. The molecule has 0 atom stereocenters. The van der Waals surface area contributed by atoms with Crippen molar-refractivity contribution in [3.63, 3.8) is 0 Å². The van der Waals surface area contributed by atoms with Crippen LogP contribution in [0.5, 0.6) is 0 Å². The van der Waals surface area contributed by atoms with Gasteiger partial charge >= 0.3 is 0 Å². The Balaban J connectivity index is 1.73. The van der Waals surface area contributed by atoms with Crippen LogP contribution < -0.4 is 10.9 Å². The predicted molar refractivity (Wildman–Crippen MR) is 61.2 cm³/mol. The predicted octanol–water partition coefficient (Wildman–Crippen LogP) is 1.38. The van der Waals surface area contributed by atoms with E-state index in [2.05, 4.69) is 28.0 Å². The molecule has 74 valence electrons. The molecule has 0 saturated heterocycles. The number of thioether (sulfide) groups is 1. The van der Waals surface area contributed by atoms with Gasteiger partial charge in [-0.1, -0.05) is 42.1 Å². The van der Waals surface area contributed by atoms with E-state index in [4.69, 9.17) is 0 Å². The zero-order valence-electron chi connectivity index (χ0n) is 7.86. The summed E-state index contributed by atoms with van der Waals surface area (Å²) in [6, 6.07) is 10.3. The minimum atomic E-state index is 0.820. The van der Waals surface area contributed by atoms with E-state index in [1.54, 1.807) is 11.8 Å². The molecule has 0 amide bonds. The third-order valence-corrected chi connectivity index (χ3v) is 2.81. The fourth-order valence-electron chi connectivity index (χ4n) is 1.23. The second-order valence-electron chi connectivity index (χ2n) is 3.00. The molecule has 1 aromatic carbocycles.